The third kappa shape index (κ3) is 10.5. The SMILES string of the molecule is CC(CC[C@@H](C)C1CC[C@H]2[C@@H]3C[C@H](OS(=O)(=O)[O-])[C@H]4C[C@H](OS(=O)(=O)[O-])[C@H](OS(=O)(=O)[O-])C[C@]4(C)[C@@]3(C)CC[C@]12C)C(C)(C)C.[Na+].[Na+].[Na+]. The molecule has 2 unspecified atom stereocenters. The van der Waals surface area contributed by atoms with Crippen molar-refractivity contribution < 1.29 is 140 Å². The summed E-state index contributed by atoms with van der Waals surface area (Å²) in [5.74, 6) is 0.728. The van der Waals surface area contributed by atoms with Crippen molar-refractivity contribution in [3.63, 3.8) is 0 Å². The molecule has 0 heterocycles. The maximum absolute atomic E-state index is 12.0. The van der Waals surface area contributed by atoms with Gasteiger partial charge in [0.2, 0.25) is 31.2 Å². The van der Waals surface area contributed by atoms with Gasteiger partial charge in [-0.05, 0) is 109 Å². The van der Waals surface area contributed by atoms with E-state index in [1.165, 1.54) is 0 Å². The predicted molar refractivity (Wildman–Crippen MR) is 161 cm³/mol. The molecule has 0 saturated heterocycles. The Morgan fingerprint density at radius 3 is 1.65 bits per heavy atom. The Kier molecular flexibility index (Phi) is 17.0. The Labute approximate surface area is 355 Å². The minimum absolute atomic E-state index is 0. The molecule has 0 bridgehead atoms. The second kappa shape index (κ2) is 16.8. The molecule has 4 rings (SSSR count). The summed E-state index contributed by atoms with van der Waals surface area (Å²) in [6.45, 7) is 17.7. The van der Waals surface area contributed by atoms with Crippen LogP contribution in [-0.4, -0.2) is 57.2 Å². The van der Waals surface area contributed by atoms with Crippen LogP contribution in [0, 0.1) is 57.2 Å². The van der Waals surface area contributed by atoms with Crippen molar-refractivity contribution in [2.24, 2.45) is 57.2 Å². The van der Waals surface area contributed by atoms with Crippen LogP contribution < -0.4 is 88.7 Å². The summed E-state index contributed by atoms with van der Waals surface area (Å²) >= 11 is 0. The van der Waals surface area contributed by atoms with Crippen LogP contribution in [0.2, 0.25) is 0 Å². The van der Waals surface area contributed by atoms with Crippen LogP contribution in [0.4, 0.5) is 0 Å². The summed E-state index contributed by atoms with van der Waals surface area (Å²) in [4.78, 5) is 0. The van der Waals surface area contributed by atoms with E-state index < -0.39 is 66.3 Å². The zero-order valence-corrected chi connectivity index (χ0v) is 39.1. The normalized spacial score (nSPS) is 39.7. The van der Waals surface area contributed by atoms with Gasteiger partial charge in [0, 0.05) is 0 Å². The summed E-state index contributed by atoms with van der Waals surface area (Å²) in [6.07, 6.45) is 0.938. The number of hydrogen-bond acceptors (Lipinski definition) is 12. The molecule has 0 radical (unpaired) electrons. The fourth-order valence-electron chi connectivity index (χ4n) is 10.5. The van der Waals surface area contributed by atoms with Crippen molar-refractivity contribution in [2.75, 3.05) is 0 Å². The zero-order valence-electron chi connectivity index (χ0n) is 30.7. The predicted octanol–water partition coefficient (Wildman–Crippen LogP) is -4.10. The first kappa shape index (κ1) is 48.6. The Balaban J connectivity index is 0.00000384. The Morgan fingerprint density at radius 2 is 1.15 bits per heavy atom. The maximum Gasteiger partial charge on any atom is 1.00 e. The smallest absolute Gasteiger partial charge is 0.726 e. The Hall–Kier alpha value is 2.61. The first-order valence-electron chi connectivity index (χ1n) is 16.1. The molecule has 18 heteroatoms. The molecule has 0 aliphatic heterocycles. The van der Waals surface area contributed by atoms with Crippen LogP contribution in [0.25, 0.3) is 0 Å². The molecule has 4 fully saturated rings. The molecule has 0 amide bonds. The van der Waals surface area contributed by atoms with Crippen LogP contribution in [0.15, 0.2) is 0 Å². The molecule has 0 spiro atoms. The van der Waals surface area contributed by atoms with Crippen LogP contribution in [-0.2, 0) is 43.7 Å². The molecule has 4 aliphatic carbocycles. The molecule has 12 nitrogen and oxygen atoms in total. The van der Waals surface area contributed by atoms with Crippen LogP contribution >= 0.6 is 0 Å². The topological polar surface area (TPSA) is 199 Å². The van der Waals surface area contributed by atoms with Crippen molar-refractivity contribution in [2.45, 2.75) is 131 Å². The van der Waals surface area contributed by atoms with Crippen molar-refractivity contribution in [3.8, 4) is 0 Å². The quantitative estimate of drug-likeness (QED) is 0.119. The number of rotatable bonds is 10. The van der Waals surface area contributed by atoms with Crippen molar-refractivity contribution >= 4 is 31.2 Å². The first-order valence-corrected chi connectivity index (χ1v) is 20.1. The molecule has 0 N–H and O–H groups in total. The average Bonchev–Trinajstić information content (AvgIpc) is 3.19. The van der Waals surface area contributed by atoms with Gasteiger partial charge in [0.25, 0.3) is 0 Å². The van der Waals surface area contributed by atoms with E-state index in [4.69, 9.17) is 8.37 Å². The van der Waals surface area contributed by atoms with Gasteiger partial charge < -0.3 is 13.7 Å². The summed E-state index contributed by atoms with van der Waals surface area (Å²) in [6, 6.07) is 0. The molecule has 264 valence electrons. The van der Waals surface area contributed by atoms with Gasteiger partial charge >= 0.3 is 88.7 Å². The van der Waals surface area contributed by atoms with E-state index in [1.54, 1.807) is 0 Å². The Morgan fingerprint density at radius 1 is 0.667 bits per heavy atom. The zero-order chi connectivity index (χ0) is 34.2. The monoisotopic (exact) mass is 768 g/mol. The van der Waals surface area contributed by atoms with Gasteiger partial charge in [-0.1, -0.05) is 61.8 Å². The summed E-state index contributed by atoms with van der Waals surface area (Å²) in [7, 11) is -15.9. The molecular weight excluding hydrogens is 717 g/mol. The molecule has 4 saturated carbocycles. The standard InChI is InChI=1S/C30H54O12S3.3Na/c1-18(9-10-19(2)27(3,4)5)20-11-12-21-22-15-24(40-43(31,32)33)23-16-25(41-44(34,35)36)26(42-45(37,38)39)17-30(23,8)29(22,7)14-13-28(20,21)6;;;/h18-26H,9-17H2,1-8H3,(H,31,32,33)(H,34,35,36)(H,37,38,39);;;/q;3*+1/p-3/t18-,19?,20?,21+,22+,23-,24+,25+,26-,28-,29+,30+;;;/m1.../s1. The van der Waals surface area contributed by atoms with E-state index in [1.807, 2.05) is 6.92 Å². The molecular formula is C30H51Na3O12S3. The molecule has 12 atom stereocenters. The summed E-state index contributed by atoms with van der Waals surface area (Å²) in [5, 5.41) is 0. The van der Waals surface area contributed by atoms with Gasteiger partial charge in [0.05, 0.1) is 6.10 Å². The average molecular weight is 769 g/mol. The molecule has 0 aromatic rings. The summed E-state index contributed by atoms with van der Waals surface area (Å²) < 4.78 is 121. The van der Waals surface area contributed by atoms with Gasteiger partial charge in [0.1, 0.15) is 12.2 Å². The third-order valence-corrected chi connectivity index (χ3v) is 14.9. The van der Waals surface area contributed by atoms with E-state index in [-0.39, 0.29) is 131 Å². The van der Waals surface area contributed by atoms with Gasteiger partial charge in [-0.2, -0.15) is 0 Å². The second-order valence-electron chi connectivity index (χ2n) is 16.5. The molecule has 48 heavy (non-hydrogen) atoms. The van der Waals surface area contributed by atoms with Crippen molar-refractivity contribution in [1.82, 2.24) is 0 Å². The second-order valence-corrected chi connectivity index (χ2v) is 19.5. The van der Waals surface area contributed by atoms with E-state index in [0.29, 0.717) is 24.2 Å². The van der Waals surface area contributed by atoms with E-state index in [0.717, 1.165) is 32.1 Å². The number of fused-ring (bicyclic) bond motifs is 5. The minimum atomic E-state index is -5.36. The van der Waals surface area contributed by atoms with Crippen molar-refractivity contribution in [1.29, 1.82) is 0 Å². The van der Waals surface area contributed by atoms with Crippen LogP contribution in [0.3, 0.4) is 0 Å². The van der Waals surface area contributed by atoms with E-state index >= 15 is 0 Å². The van der Waals surface area contributed by atoms with Crippen LogP contribution in [0.5, 0.6) is 0 Å². The number of hydrogen-bond donors (Lipinski definition) is 0. The van der Waals surface area contributed by atoms with Crippen LogP contribution in [0.1, 0.15) is 113 Å². The van der Waals surface area contributed by atoms with Gasteiger partial charge in [-0.3, -0.25) is 12.5 Å². The van der Waals surface area contributed by atoms with Gasteiger partial charge in [-0.15, -0.1) is 0 Å². The fourth-order valence-corrected chi connectivity index (χ4v) is 12.0. The van der Waals surface area contributed by atoms with E-state index in [2.05, 4.69) is 52.6 Å². The molecule has 4 aliphatic rings. The fraction of sp³-hybridized carbons (Fsp3) is 1.00. The third-order valence-electron chi connectivity index (χ3n) is 13.5. The van der Waals surface area contributed by atoms with Gasteiger partial charge in [0.15, 0.2) is 0 Å². The first-order chi connectivity index (χ1) is 20.2. The minimum Gasteiger partial charge on any atom is -0.726 e. The van der Waals surface area contributed by atoms with Crippen molar-refractivity contribution in [3.05, 3.63) is 0 Å². The summed E-state index contributed by atoms with van der Waals surface area (Å²) in [5.41, 5.74) is -1.33. The maximum atomic E-state index is 12.0. The molecule has 0 aromatic heterocycles. The molecule has 0 aromatic carbocycles. The largest absolute Gasteiger partial charge is 1.00 e. The van der Waals surface area contributed by atoms with E-state index in [9.17, 15) is 38.9 Å². The Bertz CT molecular complexity index is 1440. The van der Waals surface area contributed by atoms with Gasteiger partial charge in [-0.25, -0.2) is 25.3 Å².